The summed E-state index contributed by atoms with van der Waals surface area (Å²) in [4.78, 5) is 45.2. The summed E-state index contributed by atoms with van der Waals surface area (Å²) in [5.41, 5.74) is 2.29. The van der Waals surface area contributed by atoms with E-state index in [9.17, 15) is 14.4 Å². The molecule has 1 saturated heterocycles. The maximum Gasteiger partial charge on any atom is 0.338 e. The summed E-state index contributed by atoms with van der Waals surface area (Å²) >= 11 is 6.49. The number of hydrogen-bond acceptors (Lipinski definition) is 5. The first-order valence-corrected chi connectivity index (χ1v) is 13.0. The SMILES string of the molecule is CCOC(=O)C1=C(CN2CCN(C(=O)c3ccccc3)C(C)C2)N(CC)C(=O)NC1c1ccccc1Cl. The van der Waals surface area contributed by atoms with E-state index >= 15 is 0 Å². The highest BCUT2D eigenvalue weighted by Gasteiger charge is 2.39. The van der Waals surface area contributed by atoms with E-state index in [0.717, 1.165) is 0 Å². The van der Waals surface area contributed by atoms with E-state index in [1.165, 1.54) is 0 Å². The van der Waals surface area contributed by atoms with Crippen molar-refractivity contribution in [3.05, 3.63) is 82.0 Å². The average Bonchev–Trinajstić information content (AvgIpc) is 2.89. The fraction of sp³-hybridized carbons (Fsp3) is 0.393. The zero-order valence-corrected chi connectivity index (χ0v) is 22.2. The third-order valence-corrected chi connectivity index (χ3v) is 7.18. The van der Waals surface area contributed by atoms with Gasteiger partial charge >= 0.3 is 12.0 Å². The van der Waals surface area contributed by atoms with Gasteiger partial charge in [-0.15, -0.1) is 0 Å². The van der Waals surface area contributed by atoms with Gasteiger partial charge in [-0.1, -0.05) is 48.0 Å². The Bertz CT molecular complexity index is 1190. The molecule has 37 heavy (non-hydrogen) atoms. The van der Waals surface area contributed by atoms with Crippen LogP contribution in [0.3, 0.4) is 0 Å². The Hall–Kier alpha value is -3.36. The molecule has 0 radical (unpaired) electrons. The Morgan fingerprint density at radius 1 is 1.05 bits per heavy atom. The number of urea groups is 1. The van der Waals surface area contributed by atoms with Gasteiger partial charge in [0.05, 0.1) is 18.2 Å². The number of esters is 1. The lowest BCUT2D eigenvalue weighted by Gasteiger charge is -2.43. The van der Waals surface area contributed by atoms with Crippen LogP contribution in [-0.2, 0) is 9.53 Å². The van der Waals surface area contributed by atoms with E-state index in [0.29, 0.717) is 60.1 Å². The number of carbonyl (C=O) groups is 3. The fourth-order valence-corrected chi connectivity index (χ4v) is 5.28. The lowest BCUT2D eigenvalue weighted by Crippen LogP contribution is -2.56. The highest BCUT2D eigenvalue weighted by Crippen LogP contribution is 2.35. The van der Waals surface area contributed by atoms with Gasteiger partial charge in [-0.25, -0.2) is 9.59 Å². The third-order valence-electron chi connectivity index (χ3n) is 6.83. The molecule has 1 N–H and O–H groups in total. The molecule has 3 amide bonds. The summed E-state index contributed by atoms with van der Waals surface area (Å²) in [5, 5.41) is 3.41. The van der Waals surface area contributed by atoms with E-state index in [1.54, 1.807) is 24.0 Å². The minimum atomic E-state index is -0.726. The number of nitrogens with zero attached hydrogens (tertiary/aromatic N) is 3. The van der Waals surface area contributed by atoms with E-state index in [4.69, 9.17) is 16.3 Å². The number of ether oxygens (including phenoxy) is 1. The highest BCUT2D eigenvalue weighted by atomic mass is 35.5. The molecule has 0 saturated carbocycles. The second-order valence-corrected chi connectivity index (χ2v) is 9.59. The topological polar surface area (TPSA) is 82.2 Å². The molecule has 2 aromatic rings. The van der Waals surface area contributed by atoms with Crippen molar-refractivity contribution >= 4 is 29.5 Å². The van der Waals surface area contributed by atoms with Gasteiger partial charge in [0.2, 0.25) is 0 Å². The molecule has 196 valence electrons. The van der Waals surface area contributed by atoms with Crippen LogP contribution in [0.4, 0.5) is 4.79 Å². The van der Waals surface area contributed by atoms with E-state index in [2.05, 4.69) is 10.2 Å². The van der Waals surface area contributed by atoms with Crippen molar-refractivity contribution in [2.45, 2.75) is 32.9 Å². The summed E-state index contributed by atoms with van der Waals surface area (Å²) in [6.45, 7) is 8.38. The van der Waals surface area contributed by atoms with Gasteiger partial charge in [0, 0.05) is 55.0 Å². The van der Waals surface area contributed by atoms with Gasteiger partial charge in [-0.3, -0.25) is 14.6 Å². The average molecular weight is 525 g/mol. The normalized spacial score (nSPS) is 20.6. The van der Waals surface area contributed by atoms with Crippen LogP contribution in [0, 0.1) is 0 Å². The van der Waals surface area contributed by atoms with E-state index in [1.807, 2.05) is 61.2 Å². The molecule has 0 bridgehead atoms. The standard InChI is InChI=1S/C28H33ClN4O4/c1-4-32-23(18-31-15-16-33(19(3)17-31)26(34)20-11-7-6-8-12-20)24(27(35)37-5-2)25(30-28(32)36)21-13-9-10-14-22(21)29/h6-14,19,25H,4-5,15-18H2,1-3H3,(H,30,36). The van der Waals surface area contributed by atoms with Crippen molar-refractivity contribution in [1.29, 1.82) is 0 Å². The summed E-state index contributed by atoms with van der Waals surface area (Å²) in [6.07, 6.45) is 0. The molecule has 2 aliphatic rings. The molecule has 2 aromatic carbocycles. The molecule has 2 unspecified atom stereocenters. The second-order valence-electron chi connectivity index (χ2n) is 9.18. The largest absolute Gasteiger partial charge is 0.463 e. The first-order chi connectivity index (χ1) is 17.8. The molecule has 9 heteroatoms. The van der Waals surface area contributed by atoms with Gasteiger partial charge in [0.1, 0.15) is 0 Å². The Morgan fingerprint density at radius 2 is 1.76 bits per heavy atom. The number of hydrogen-bond donors (Lipinski definition) is 1. The van der Waals surface area contributed by atoms with E-state index < -0.39 is 12.0 Å². The fourth-order valence-electron chi connectivity index (χ4n) is 5.04. The second kappa shape index (κ2) is 11.8. The number of nitrogens with one attached hydrogen (secondary N) is 1. The highest BCUT2D eigenvalue weighted by molar-refractivity contribution is 6.31. The quantitative estimate of drug-likeness (QED) is 0.552. The first-order valence-electron chi connectivity index (χ1n) is 12.7. The van der Waals surface area contributed by atoms with Crippen molar-refractivity contribution in [2.24, 2.45) is 0 Å². The number of rotatable bonds is 7. The predicted molar refractivity (Wildman–Crippen MR) is 142 cm³/mol. The van der Waals surface area contributed by atoms with Crippen LogP contribution in [0.25, 0.3) is 0 Å². The molecular formula is C28H33ClN4O4. The van der Waals surface area contributed by atoms with Gasteiger partial charge in [-0.05, 0) is 44.5 Å². The third kappa shape index (κ3) is 5.65. The minimum Gasteiger partial charge on any atom is -0.463 e. The predicted octanol–water partition coefficient (Wildman–Crippen LogP) is 4.09. The molecule has 0 aliphatic carbocycles. The Balaban J connectivity index is 1.64. The zero-order chi connectivity index (χ0) is 26.5. The maximum absolute atomic E-state index is 13.3. The summed E-state index contributed by atoms with van der Waals surface area (Å²) in [6, 6.07) is 15.4. The molecule has 0 spiro atoms. The van der Waals surface area contributed by atoms with E-state index in [-0.39, 0.29) is 24.6 Å². The monoisotopic (exact) mass is 524 g/mol. The van der Waals surface area contributed by atoms with Crippen LogP contribution in [0.5, 0.6) is 0 Å². The molecular weight excluding hydrogens is 492 g/mol. The molecule has 0 aromatic heterocycles. The molecule has 1 fully saturated rings. The van der Waals surface area contributed by atoms with Crippen LogP contribution < -0.4 is 5.32 Å². The van der Waals surface area contributed by atoms with Gasteiger partial charge < -0.3 is 15.0 Å². The number of amides is 3. The van der Waals surface area contributed by atoms with Crippen LogP contribution >= 0.6 is 11.6 Å². The van der Waals surface area contributed by atoms with Crippen molar-refractivity contribution in [3.63, 3.8) is 0 Å². The van der Waals surface area contributed by atoms with Crippen LogP contribution in [0.1, 0.15) is 42.7 Å². The smallest absolute Gasteiger partial charge is 0.338 e. The van der Waals surface area contributed by atoms with Crippen molar-refractivity contribution in [2.75, 3.05) is 39.3 Å². The molecule has 2 heterocycles. The Labute approximate surface area is 222 Å². The summed E-state index contributed by atoms with van der Waals surface area (Å²) in [7, 11) is 0. The lowest BCUT2D eigenvalue weighted by atomic mass is 9.94. The Kier molecular flexibility index (Phi) is 8.51. The van der Waals surface area contributed by atoms with Crippen molar-refractivity contribution in [1.82, 2.24) is 20.0 Å². The lowest BCUT2D eigenvalue weighted by molar-refractivity contribution is -0.139. The number of carbonyl (C=O) groups excluding carboxylic acids is 3. The minimum absolute atomic E-state index is 0.00481. The van der Waals surface area contributed by atoms with Gasteiger partial charge in [0.25, 0.3) is 5.91 Å². The van der Waals surface area contributed by atoms with Crippen molar-refractivity contribution in [3.8, 4) is 0 Å². The maximum atomic E-state index is 13.3. The van der Waals surface area contributed by atoms with Crippen LogP contribution in [-0.4, -0.2) is 78.0 Å². The molecule has 4 rings (SSSR count). The molecule has 2 aliphatic heterocycles. The van der Waals surface area contributed by atoms with Crippen LogP contribution in [0.2, 0.25) is 5.02 Å². The molecule has 8 nitrogen and oxygen atoms in total. The number of halogens is 1. The zero-order valence-electron chi connectivity index (χ0n) is 21.4. The number of piperazine rings is 1. The van der Waals surface area contributed by atoms with Crippen molar-refractivity contribution < 1.29 is 19.1 Å². The van der Waals surface area contributed by atoms with Gasteiger partial charge in [0.15, 0.2) is 0 Å². The number of likely N-dealkylation sites (N-methyl/N-ethyl adjacent to an activating group) is 1. The summed E-state index contributed by atoms with van der Waals surface area (Å²) in [5.74, 6) is -0.475. The molecule has 2 atom stereocenters. The van der Waals surface area contributed by atoms with Gasteiger partial charge in [-0.2, -0.15) is 0 Å². The first kappa shape index (κ1) is 26.7. The summed E-state index contributed by atoms with van der Waals surface area (Å²) < 4.78 is 5.45. The Morgan fingerprint density at radius 3 is 2.41 bits per heavy atom. The van der Waals surface area contributed by atoms with Crippen LogP contribution in [0.15, 0.2) is 65.9 Å². The number of benzene rings is 2.